The van der Waals surface area contributed by atoms with Gasteiger partial charge in [0.1, 0.15) is 0 Å². The minimum Gasteiger partial charge on any atom is -0.366 e. The number of fused-ring (bicyclic) bond motifs is 1. The van der Waals surface area contributed by atoms with E-state index in [-0.39, 0.29) is 6.04 Å². The van der Waals surface area contributed by atoms with E-state index in [1.165, 1.54) is 37.9 Å². The van der Waals surface area contributed by atoms with E-state index < -0.39 is 5.91 Å². The average Bonchev–Trinajstić information content (AvgIpc) is 2.83. The van der Waals surface area contributed by atoms with E-state index in [1.807, 2.05) is 24.3 Å². The highest BCUT2D eigenvalue weighted by Crippen LogP contribution is 2.41. The van der Waals surface area contributed by atoms with Gasteiger partial charge in [-0.2, -0.15) is 0 Å². The topological polar surface area (TPSA) is 46.3 Å². The number of carbonyl (C=O) groups is 1. The molecule has 33 heavy (non-hydrogen) atoms. The van der Waals surface area contributed by atoms with Gasteiger partial charge in [0.15, 0.2) is 0 Å². The SMILES string of the molecule is CN(C)C(c1ccc(C(N)=O)c2ccccc12)c1ccc2ccc3cccc4ccc1c2c34. The first kappa shape index (κ1) is 19.7. The third-order valence-electron chi connectivity index (χ3n) is 6.89. The van der Waals surface area contributed by atoms with Gasteiger partial charge in [-0.15, -0.1) is 0 Å². The van der Waals surface area contributed by atoms with E-state index in [9.17, 15) is 4.79 Å². The van der Waals surface area contributed by atoms with Crippen LogP contribution < -0.4 is 5.73 Å². The fraction of sp³-hybridized carbons (Fsp3) is 0.100. The first-order valence-electron chi connectivity index (χ1n) is 11.2. The second kappa shape index (κ2) is 7.29. The van der Waals surface area contributed by atoms with Gasteiger partial charge in [0.2, 0.25) is 5.91 Å². The molecule has 1 unspecified atom stereocenters. The molecule has 0 spiro atoms. The third-order valence-corrected chi connectivity index (χ3v) is 6.89. The molecule has 0 saturated carbocycles. The monoisotopic (exact) mass is 428 g/mol. The van der Waals surface area contributed by atoms with Gasteiger partial charge < -0.3 is 5.73 Å². The Morgan fingerprint density at radius 2 is 1.21 bits per heavy atom. The van der Waals surface area contributed by atoms with Crippen molar-refractivity contribution in [3.05, 3.63) is 108 Å². The van der Waals surface area contributed by atoms with Crippen LogP contribution in [0.4, 0.5) is 0 Å². The van der Waals surface area contributed by atoms with Crippen molar-refractivity contribution in [1.29, 1.82) is 0 Å². The fourth-order valence-corrected chi connectivity index (χ4v) is 5.50. The van der Waals surface area contributed by atoms with E-state index in [2.05, 4.69) is 85.7 Å². The van der Waals surface area contributed by atoms with Gasteiger partial charge in [-0.05, 0) is 74.4 Å². The Hall–Kier alpha value is -3.95. The highest BCUT2D eigenvalue weighted by Gasteiger charge is 2.23. The van der Waals surface area contributed by atoms with Crippen LogP contribution in [0.2, 0.25) is 0 Å². The lowest BCUT2D eigenvalue weighted by molar-refractivity contribution is 0.100. The van der Waals surface area contributed by atoms with Gasteiger partial charge in [-0.1, -0.05) is 84.9 Å². The highest BCUT2D eigenvalue weighted by atomic mass is 16.1. The van der Waals surface area contributed by atoms with Gasteiger partial charge >= 0.3 is 0 Å². The zero-order valence-corrected chi connectivity index (χ0v) is 18.7. The molecule has 0 aliphatic carbocycles. The number of rotatable bonds is 4. The second-order valence-electron chi connectivity index (χ2n) is 8.99. The normalized spacial score (nSPS) is 12.9. The van der Waals surface area contributed by atoms with Gasteiger partial charge in [0.25, 0.3) is 0 Å². The highest BCUT2D eigenvalue weighted by molar-refractivity contribution is 6.23. The van der Waals surface area contributed by atoms with Crippen LogP contribution in [0.1, 0.15) is 27.5 Å². The quantitative estimate of drug-likeness (QED) is 0.326. The Morgan fingerprint density at radius 1 is 0.636 bits per heavy atom. The molecule has 1 atom stereocenters. The molecule has 0 fully saturated rings. The van der Waals surface area contributed by atoms with E-state index >= 15 is 0 Å². The Balaban J connectivity index is 1.69. The summed E-state index contributed by atoms with van der Waals surface area (Å²) in [6, 6.07) is 31.9. The number of carbonyl (C=O) groups excluding carboxylic acids is 1. The van der Waals surface area contributed by atoms with Gasteiger partial charge in [0.05, 0.1) is 6.04 Å². The molecule has 0 aromatic heterocycles. The first-order chi connectivity index (χ1) is 16.0. The minimum atomic E-state index is -0.401. The predicted molar refractivity (Wildman–Crippen MR) is 138 cm³/mol. The van der Waals surface area contributed by atoms with Crippen molar-refractivity contribution in [2.45, 2.75) is 6.04 Å². The standard InChI is InChI=1S/C30H24N2O/c1-32(2)29(24-16-17-26(30(31)33)22-9-4-3-8-21(22)24)25-15-13-20-11-10-18-6-5-7-19-12-14-23(25)28(20)27(18)19/h3-17,29H,1-2H3,(H2,31,33). The van der Waals surface area contributed by atoms with Gasteiger partial charge in [-0.25, -0.2) is 0 Å². The maximum Gasteiger partial charge on any atom is 0.249 e. The van der Waals surface area contributed by atoms with Crippen molar-refractivity contribution in [3.8, 4) is 0 Å². The van der Waals surface area contributed by atoms with E-state index in [4.69, 9.17) is 5.73 Å². The van der Waals surface area contributed by atoms with Crippen LogP contribution in [-0.2, 0) is 0 Å². The molecule has 0 aliphatic heterocycles. The molecule has 0 bridgehead atoms. The van der Waals surface area contributed by atoms with Crippen LogP contribution in [0.25, 0.3) is 43.1 Å². The average molecular weight is 429 g/mol. The minimum absolute atomic E-state index is 0.0152. The molecule has 0 radical (unpaired) electrons. The summed E-state index contributed by atoms with van der Waals surface area (Å²) in [6.07, 6.45) is 0. The van der Waals surface area contributed by atoms with Crippen molar-refractivity contribution in [3.63, 3.8) is 0 Å². The Bertz CT molecular complexity index is 1670. The predicted octanol–water partition coefficient (Wildman–Crippen LogP) is 6.49. The number of hydrogen-bond acceptors (Lipinski definition) is 2. The number of hydrogen-bond donors (Lipinski definition) is 1. The van der Waals surface area contributed by atoms with Crippen LogP contribution in [0.3, 0.4) is 0 Å². The molecule has 0 saturated heterocycles. The lowest BCUT2D eigenvalue weighted by Crippen LogP contribution is -2.22. The van der Waals surface area contributed by atoms with Crippen molar-refractivity contribution >= 4 is 49.0 Å². The lowest BCUT2D eigenvalue weighted by atomic mass is 9.85. The molecule has 6 aromatic rings. The molecule has 3 heteroatoms. The number of benzene rings is 6. The van der Waals surface area contributed by atoms with E-state index in [1.54, 1.807) is 0 Å². The zero-order valence-electron chi connectivity index (χ0n) is 18.7. The lowest BCUT2D eigenvalue weighted by Gasteiger charge is -2.29. The van der Waals surface area contributed by atoms with Crippen LogP contribution >= 0.6 is 0 Å². The number of nitrogens with zero attached hydrogens (tertiary/aromatic N) is 1. The maximum atomic E-state index is 12.1. The van der Waals surface area contributed by atoms with E-state index in [0.29, 0.717) is 5.56 Å². The molecule has 1 amide bonds. The summed E-state index contributed by atoms with van der Waals surface area (Å²) in [5, 5.41) is 9.63. The Labute approximate surface area is 192 Å². The molecule has 3 nitrogen and oxygen atoms in total. The van der Waals surface area contributed by atoms with Gasteiger partial charge in [0, 0.05) is 5.56 Å². The summed E-state index contributed by atoms with van der Waals surface area (Å²) in [7, 11) is 4.22. The summed E-state index contributed by atoms with van der Waals surface area (Å²) in [4.78, 5) is 14.3. The maximum absolute atomic E-state index is 12.1. The third kappa shape index (κ3) is 2.90. The summed E-state index contributed by atoms with van der Waals surface area (Å²) >= 11 is 0. The molecule has 160 valence electrons. The first-order valence-corrected chi connectivity index (χ1v) is 11.2. The number of primary amides is 1. The second-order valence-corrected chi connectivity index (χ2v) is 8.99. The molecule has 2 N–H and O–H groups in total. The van der Waals surface area contributed by atoms with E-state index in [0.717, 1.165) is 16.3 Å². The van der Waals surface area contributed by atoms with Crippen LogP contribution in [0.5, 0.6) is 0 Å². The Kier molecular flexibility index (Phi) is 4.36. The van der Waals surface area contributed by atoms with Crippen LogP contribution in [0, 0.1) is 0 Å². The number of amides is 1. The molecule has 6 aromatic carbocycles. The van der Waals surface area contributed by atoms with Crippen molar-refractivity contribution in [1.82, 2.24) is 4.90 Å². The fourth-order valence-electron chi connectivity index (χ4n) is 5.50. The summed E-state index contributed by atoms with van der Waals surface area (Å²) in [6.45, 7) is 0. The largest absolute Gasteiger partial charge is 0.366 e. The molecular formula is C30H24N2O. The smallest absolute Gasteiger partial charge is 0.249 e. The summed E-state index contributed by atoms with van der Waals surface area (Å²) in [5.74, 6) is -0.401. The summed E-state index contributed by atoms with van der Waals surface area (Å²) < 4.78 is 0. The molecule has 0 aliphatic rings. The van der Waals surface area contributed by atoms with Crippen LogP contribution in [0.15, 0.2) is 91.0 Å². The number of nitrogens with two attached hydrogens (primary N) is 1. The Morgan fingerprint density at radius 3 is 1.91 bits per heavy atom. The van der Waals surface area contributed by atoms with Crippen molar-refractivity contribution < 1.29 is 4.79 Å². The summed E-state index contributed by atoms with van der Waals surface area (Å²) in [5.41, 5.74) is 8.66. The molecular weight excluding hydrogens is 404 g/mol. The van der Waals surface area contributed by atoms with Crippen LogP contribution in [-0.4, -0.2) is 24.9 Å². The molecule has 6 rings (SSSR count). The van der Waals surface area contributed by atoms with Crippen molar-refractivity contribution in [2.24, 2.45) is 5.73 Å². The van der Waals surface area contributed by atoms with Gasteiger partial charge in [-0.3, -0.25) is 9.69 Å². The molecule has 0 heterocycles. The zero-order chi connectivity index (χ0) is 22.7. The van der Waals surface area contributed by atoms with Crippen molar-refractivity contribution in [2.75, 3.05) is 14.1 Å².